The average Bonchev–Trinajstić information content (AvgIpc) is 2.98. The molecule has 1 saturated heterocycles. The van der Waals surface area contributed by atoms with Crippen LogP contribution in [0.1, 0.15) is 27.0 Å². The summed E-state index contributed by atoms with van der Waals surface area (Å²) in [5.41, 5.74) is 5.86. The van der Waals surface area contributed by atoms with E-state index < -0.39 is 30.6 Å². The van der Waals surface area contributed by atoms with E-state index in [-0.39, 0.29) is 17.0 Å². The van der Waals surface area contributed by atoms with E-state index in [4.69, 9.17) is 10.5 Å². The van der Waals surface area contributed by atoms with Gasteiger partial charge in [0.1, 0.15) is 12.2 Å². The van der Waals surface area contributed by atoms with Gasteiger partial charge in [-0.3, -0.25) is 4.57 Å². The predicted molar refractivity (Wildman–Crippen MR) is 72.6 cm³/mol. The fourth-order valence-electron chi connectivity index (χ4n) is 2.15. The van der Waals surface area contributed by atoms with Crippen LogP contribution in [0.4, 0.5) is 10.2 Å². The summed E-state index contributed by atoms with van der Waals surface area (Å²) in [6.07, 6.45) is -3.33. The summed E-state index contributed by atoms with van der Waals surface area (Å²) in [4.78, 5) is 10.9. The van der Waals surface area contributed by atoms with Gasteiger partial charge in [-0.2, -0.15) is 14.4 Å². The molecule has 1 aliphatic rings. The van der Waals surface area contributed by atoms with Crippen LogP contribution in [0.2, 0.25) is 0 Å². The van der Waals surface area contributed by atoms with Crippen LogP contribution in [0.15, 0.2) is 6.33 Å². The summed E-state index contributed by atoms with van der Waals surface area (Å²) >= 11 is 0. The van der Waals surface area contributed by atoms with Gasteiger partial charge in [-0.05, 0) is 6.92 Å². The Morgan fingerprint density at radius 1 is 1.29 bits per heavy atom. The molecule has 0 radical (unpaired) electrons. The van der Waals surface area contributed by atoms with Crippen LogP contribution >= 0.6 is 0 Å². The summed E-state index contributed by atoms with van der Waals surface area (Å²) in [5.74, 6) is -0.0951. The van der Waals surface area contributed by atoms with Crippen LogP contribution in [0.25, 0.3) is 11.2 Å². The second-order valence-corrected chi connectivity index (χ2v) is 4.41. The largest absolute Gasteiger partial charge is 0.388 e. The summed E-state index contributed by atoms with van der Waals surface area (Å²) in [6.45, 7) is 5.62. The molecule has 0 aromatic carbocycles. The first-order valence-electron chi connectivity index (χ1n) is 6.66. The van der Waals surface area contributed by atoms with Gasteiger partial charge in [-0.1, -0.05) is 13.8 Å². The second-order valence-electron chi connectivity index (χ2n) is 4.41. The van der Waals surface area contributed by atoms with E-state index in [1.807, 2.05) is 13.8 Å². The van der Waals surface area contributed by atoms with Crippen LogP contribution < -0.4 is 5.73 Å². The normalized spacial score (nSPS) is 28.5. The van der Waals surface area contributed by atoms with Crippen molar-refractivity contribution in [2.24, 2.45) is 0 Å². The van der Waals surface area contributed by atoms with Crippen molar-refractivity contribution in [2.45, 2.75) is 45.3 Å². The maximum absolute atomic E-state index is 13.2. The summed E-state index contributed by atoms with van der Waals surface area (Å²) in [7, 11) is 0. The average molecular weight is 299 g/mol. The molecule has 0 spiro atoms. The number of halogens is 1. The van der Waals surface area contributed by atoms with Crippen LogP contribution in [0.3, 0.4) is 0 Å². The van der Waals surface area contributed by atoms with E-state index in [0.717, 1.165) is 0 Å². The number of aliphatic hydroxyl groups excluding tert-OH is 2. The van der Waals surface area contributed by atoms with Crippen LogP contribution in [0.5, 0.6) is 0 Å². The number of aromatic nitrogens is 4. The van der Waals surface area contributed by atoms with Gasteiger partial charge in [0.25, 0.3) is 0 Å². The third-order valence-corrected chi connectivity index (χ3v) is 3.17. The van der Waals surface area contributed by atoms with Crippen LogP contribution in [-0.2, 0) is 4.74 Å². The molecule has 9 heteroatoms. The number of nitrogens with zero attached hydrogens (tertiary/aromatic N) is 4. The molecule has 0 amide bonds. The van der Waals surface area contributed by atoms with E-state index in [1.165, 1.54) is 10.9 Å². The fourth-order valence-corrected chi connectivity index (χ4v) is 2.15. The lowest BCUT2D eigenvalue weighted by molar-refractivity contribution is -0.0300. The third-order valence-electron chi connectivity index (χ3n) is 3.17. The number of hydrogen-bond donors (Lipinski definition) is 3. The van der Waals surface area contributed by atoms with Crippen molar-refractivity contribution in [1.82, 2.24) is 19.5 Å². The molecule has 2 aromatic heterocycles. The van der Waals surface area contributed by atoms with E-state index in [9.17, 15) is 14.6 Å². The standard InChI is InChI=1S/C10H12FN5O3.C2H6/c1-3-5(17)6(18)9(19-3)16-2-13-4-7(12)14-10(11)15-8(4)16;1-2/h2-3,5-6,9,17-18H,1H3,(H2,12,14,15);1-2H3. The Kier molecular flexibility index (Phi) is 4.35. The molecule has 3 rings (SSSR count). The van der Waals surface area contributed by atoms with Crippen molar-refractivity contribution in [2.75, 3.05) is 5.73 Å². The van der Waals surface area contributed by atoms with Gasteiger partial charge in [0, 0.05) is 0 Å². The maximum atomic E-state index is 13.2. The molecule has 4 N–H and O–H groups in total. The van der Waals surface area contributed by atoms with Crippen molar-refractivity contribution < 1.29 is 19.3 Å². The number of ether oxygens (including phenoxy) is 1. The smallest absolute Gasteiger partial charge is 0.312 e. The van der Waals surface area contributed by atoms with Gasteiger partial charge < -0.3 is 20.7 Å². The monoisotopic (exact) mass is 299 g/mol. The van der Waals surface area contributed by atoms with Gasteiger partial charge in [-0.15, -0.1) is 0 Å². The number of nitrogens with two attached hydrogens (primary N) is 1. The van der Waals surface area contributed by atoms with E-state index in [2.05, 4.69) is 15.0 Å². The molecule has 8 nitrogen and oxygen atoms in total. The quantitative estimate of drug-likeness (QED) is 0.644. The molecular formula is C12H18FN5O3. The minimum Gasteiger partial charge on any atom is -0.388 e. The number of hydrogen-bond acceptors (Lipinski definition) is 7. The zero-order valence-corrected chi connectivity index (χ0v) is 11.9. The number of imidazole rings is 1. The van der Waals surface area contributed by atoms with Crippen molar-refractivity contribution >= 4 is 17.0 Å². The topological polar surface area (TPSA) is 119 Å². The third kappa shape index (κ3) is 2.55. The van der Waals surface area contributed by atoms with Crippen molar-refractivity contribution in [3.8, 4) is 0 Å². The van der Waals surface area contributed by atoms with Gasteiger partial charge in [0.15, 0.2) is 23.2 Å². The molecule has 4 atom stereocenters. The second kappa shape index (κ2) is 5.88. The molecule has 0 aliphatic carbocycles. The Morgan fingerprint density at radius 3 is 2.52 bits per heavy atom. The molecule has 0 bridgehead atoms. The molecule has 116 valence electrons. The minimum atomic E-state index is -1.16. The highest BCUT2D eigenvalue weighted by atomic mass is 19.1. The van der Waals surface area contributed by atoms with Gasteiger partial charge >= 0.3 is 6.08 Å². The summed E-state index contributed by atoms with van der Waals surface area (Å²) in [5, 5.41) is 19.6. The number of rotatable bonds is 1. The molecule has 4 unspecified atom stereocenters. The molecule has 3 heterocycles. The Labute approximate surface area is 120 Å². The highest BCUT2D eigenvalue weighted by molar-refractivity contribution is 5.81. The lowest BCUT2D eigenvalue weighted by Gasteiger charge is -2.16. The molecule has 1 aliphatic heterocycles. The molecule has 1 fully saturated rings. The number of fused-ring (bicyclic) bond motifs is 1. The fraction of sp³-hybridized carbons (Fsp3) is 0.583. The molecule has 0 saturated carbocycles. The van der Waals surface area contributed by atoms with E-state index in [1.54, 1.807) is 6.92 Å². The Hall–Kier alpha value is -1.84. The van der Waals surface area contributed by atoms with Crippen LogP contribution in [0, 0.1) is 6.08 Å². The van der Waals surface area contributed by atoms with Crippen LogP contribution in [-0.4, -0.2) is 48.0 Å². The number of anilines is 1. The van der Waals surface area contributed by atoms with Gasteiger partial charge in [0.05, 0.1) is 12.4 Å². The Morgan fingerprint density at radius 2 is 1.95 bits per heavy atom. The first kappa shape index (κ1) is 15.5. The van der Waals surface area contributed by atoms with Crippen molar-refractivity contribution in [1.29, 1.82) is 0 Å². The number of aliphatic hydroxyl groups is 2. The SMILES string of the molecule is CC.CC1OC(n2cnc3c(N)nc(F)nc32)C(O)C1O. The predicted octanol–water partition coefficient (Wildman–Crippen LogP) is 0.213. The Bertz CT molecular complexity index is 635. The van der Waals surface area contributed by atoms with Crippen molar-refractivity contribution in [3.63, 3.8) is 0 Å². The first-order valence-corrected chi connectivity index (χ1v) is 6.66. The van der Waals surface area contributed by atoms with Crippen molar-refractivity contribution in [3.05, 3.63) is 12.4 Å². The zero-order valence-electron chi connectivity index (χ0n) is 11.9. The maximum Gasteiger partial charge on any atom is 0.312 e. The summed E-state index contributed by atoms with van der Waals surface area (Å²) < 4.78 is 19.9. The van der Waals surface area contributed by atoms with Gasteiger partial charge in [-0.25, -0.2) is 4.98 Å². The first-order chi connectivity index (χ1) is 9.99. The minimum absolute atomic E-state index is 0.0951. The van der Waals surface area contributed by atoms with E-state index >= 15 is 0 Å². The van der Waals surface area contributed by atoms with E-state index in [0.29, 0.717) is 0 Å². The zero-order chi connectivity index (χ0) is 15.7. The molecule has 2 aromatic rings. The lowest BCUT2D eigenvalue weighted by Crippen LogP contribution is -2.30. The summed E-state index contributed by atoms with van der Waals surface area (Å²) in [6, 6.07) is 0. The Balaban J connectivity index is 0.000000774. The van der Waals surface area contributed by atoms with Gasteiger partial charge in [0.2, 0.25) is 0 Å². The molecule has 21 heavy (non-hydrogen) atoms. The molecular weight excluding hydrogens is 281 g/mol. The lowest BCUT2D eigenvalue weighted by atomic mass is 10.1. The number of nitrogen functional groups attached to an aromatic ring is 1. The highest BCUT2D eigenvalue weighted by Crippen LogP contribution is 2.31. The highest BCUT2D eigenvalue weighted by Gasteiger charge is 2.42.